The molecule has 0 aromatic rings. The van der Waals surface area contributed by atoms with Crippen LogP contribution < -0.4 is 11.1 Å². The highest BCUT2D eigenvalue weighted by Crippen LogP contribution is 2.34. The van der Waals surface area contributed by atoms with Crippen molar-refractivity contribution < 1.29 is 18.0 Å². The van der Waals surface area contributed by atoms with Gasteiger partial charge in [0.25, 0.3) is 0 Å². The third-order valence-corrected chi connectivity index (χ3v) is 3.49. The molecule has 1 fully saturated rings. The van der Waals surface area contributed by atoms with Gasteiger partial charge in [-0.05, 0) is 19.8 Å². The standard InChI is InChI=1S/C11H20F3N3O/c1-2-17(9(18)16-8-11(12,13)14)10(7-15)5-3-4-6-10/h2-8,15H2,1H3,(H,16,18). The minimum Gasteiger partial charge on any atom is -0.329 e. The number of carbonyl (C=O) groups is 1. The number of rotatable bonds is 4. The number of hydrogen-bond donors (Lipinski definition) is 2. The number of halogens is 3. The molecule has 1 rings (SSSR count). The lowest BCUT2D eigenvalue weighted by Crippen LogP contribution is -2.58. The van der Waals surface area contributed by atoms with E-state index >= 15 is 0 Å². The lowest BCUT2D eigenvalue weighted by molar-refractivity contribution is -0.123. The van der Waals surface area contributed by atoms with Crippen molar-refractivity contribution in [3.63, 3.8) is 0 Å². The van der Waals surface area contributed by atoms with E-state index < -0.39 is 24.3 Å². The molecule has 1 aliphatic rings. The molecule has 7 heteroatoms. The van der Waals surface area contributed by atoms with Crippen molar-refractivity contribution in [3.05, 3.63) is 0 Å². The van der Waals surface area contributed by atoms with Crippen LogP contribution in [0.15, 0.2) is 0 Å². The number of nitrogens with one attached hydrogen (secondary N) is 1. The third-order valence-electron chi connectivity index (χ3n) is 3.49. The summed E-state index contributed by atoms with van der Waals surface area (Å²) in [6, 6.07) is -0.679. The van der Waals surface area contributed by atoms with Crippen LogP contribution >= 0.6 is 0 Å². The van der Waals surface area contributed by atoms with E-state index in [0.717, 1.165) is 25.7 Å². The van der Waals surface area contributed by atoms with Crippen molar-refractivity contribution in [3.8, 4) is 0 Å². The molecule has 0 saturated heterocycles. The highest BCUT2D eigenvalue weighted by molar-refractivity contribution is 5.75. The topological polar surface area (TPSA) is 58.4 Å². The first-order chi connectivity index (χ1) is 8.34. The molecular weight excluding hydrogens is 247 g/mol. The maximum absolute atomic E-state index is 12.1. The number of carbonyl (C=O) groups excluding carboxylic acids is 1. The first-order valence-corrected chi connectivity index (χ1v) is 6.17. The predicted molar refractivity (Wildman–Crippen MR) is 62.1 cm³/mol. The summed E-state index contributed by atoms with van der Waals surface area (Å²) in [6.45, 7) is 1.10. The van der Waals surface area contributed by atoms with Gasteiger partial charge in [-0.15, -0.1) is 0 Å². The zero-order valence-corrected chi connectivity index (χ0v) is 10.5. The fourth-order valence-electron chi connectivity index (χ4n) is 2.58. The van der Waals surface area contributed by atoms with Gasteiger partial charge in [-0.3, -0.25) is 0 Å². The second kappa shape index (κ2) is 5.77. The minimum absolute atomic E-state index is 0.292. The van der Waals surface area contributed by atoms with Gasteiger partial charge in [-0.1, -0.05) is 12.8 Å². The molecule has 18 heavy (non-hydrogen) atoms. The number of hydrogen-bond acceptors (Lipinski definition) is 2. The van der Waals surface area contributed by atoms with Crippen molar-refractivity contribution in [2.24, 2.45) is 5.73 Å². The van der Waals surface area contributed by atoms with Crippen LogP contribution in [0, 0.1) is 0 Å². The molecule has 0 aromatic carbocycles. The van der Waals surface area contributed by atoms with E-state index in [4.69, 9.17) is 5.73 Å². The van der Waals surface area contributed by atoms with Crippen molar-refractivity contribution in [1.82, 2.24) is 10.2 Å². The summed E-state index contributed by atoms with van der Waals surface area (Å²) in [7, 11) is 0. The molecule has 3 N–H and O–H groups in total. The third kappa shape index (κ3) is 3.51. The van der Waals surface area contributed by atoms with Gasteiger partial charge in [0.1, 0.15) is 6.54 Å². The average molecular weight is 267 g/mol. The Kier molecular flexibility index (Phi) is 4.84. The Labute approximate surface area is 105 Å². The number of nitrogens with two attached hydrogens (primary N) is 1. The zero-order valence-electron chi connectivity index (χ0n) is 10.5. The fourth-order valence-corrected chi connectivity index (χ4v) is 2.58. The van der Waals surface area contributed by atoms with Crippen molar-refractivity contribution in [2.75, 3.05) is 19.6 Å². The molecule has 1 aliphatic carbocycles. The van der Waals surface area contributed by atoms with Crippen molar-refractivity contribution >= 4 is 6.03 Å². The first-order valence-electron chi connectivity index (χ1n) is 6.17. The second-order valence-corrected chi connectivity index (χ2v) is 4.65. The van der Waals surface area contributed by atoms with Crippen LogP contribution in [0.4, 0.5) is 18.0 Å². The van der Waals surface area contributed by atoms with Gasteiger partial charge < -0.3 is 16.0 Å². The van der Waals surface area contributed by atoms with Gasteiger partial charge in [0.05, 0.1) is 5.54 Å². The monoisotopic (exact) mass is 267 g/mol. The first kappa shape index (κ1) is 15.1. The van der Waals surface area contributed by atoms with Crippen LogP contribution in [-0.4, -0.2) is 42.3 Å². The van der Waals surface area contributed by atoms with Crippen LogP contribution in [0.1, 0.15) is 32.6 Å². The molecule has 0 aromatic heterocycles. The Morgan fingerprint density at radius 3 is 2.33 bits per heavy atom. The molecule has 0 spiro atoms. The number of nitrogens with zero attached hydrogens (tertiary/aromatic N) is 1. The summed E-state index contributed by atoms with van der Waals surface area (Å²) in [5.74, 6) is 0. The van der Waals surface area contributed by atoms with Crippen LogP contribution in [0.25, 0.3) is 0 Å². The van der Waals surface area contributed by atoms with Gasteiger partial charge in [0.2, 0.25) is 0 Å². The molecular formula is C11H20F3N3O. The molecule has 1 saturated carbocycles. The fraction of sp³-hybridized carbons (Fsp3) is 0.909. The number of urea groups is 1. The Morgan fingerprint density at radius 2 is 1.94 bits per heavy atom. The summed E-state index contributed by atoms with van der Waals surface area (Å²) in [6.07, 6.45) is -0.950. The Hall–Kier alpha value is -0.980. The Bertz CT molecular complexity index is 288. The summed E-state index contributed by atoms with van der Waals surface area (Å²) in [4.78, 5) is 13.3. The van der Waals surface area contributed by atoms with E-state index in [2.05, 4.69) is 0 Å². The number of alkyl halides is 3. The number of amides is 2. The normalized spacial score (nSPS) is 18.7. The molecule has 0 bridgehead atoms. The van der Waals surface area contributed by atoms with Crippen molar-refractivity contribution in [2.45, 2.75) is 44.3 Å². The highest BCUT2D eigenvalue weighted by Gasteiger charge is 2.41. The van der Waals surface area contributed by atoms with E-state index in [1.54, 1.807) is 6.92 Å². The van der Waals surface area contributed by atoms with E-state index in [1.807, 2.05) is 5.32 Å². The van der Waals surface area contributed by atoms with Gasteiger partial charge in [-0.2, -0.15) is 13.2 Å². The van der Waals surface area contributed by atoms with Crippen LogP contribution in [0.5, 0.6) is 0 Å². The average Bonchev–Trinajstić information content (AvgIpc) is 2.76. The summed E-state index contributed by atoms with van der Waals surface area (Å²) >= 11 is 0. The summed E-state index contributed by atoms with van der Waals surface area (Å²) in [5.41, 5.74) is 5.25. The quantitative estimate of drug-likeness (QED) is 0.816. The molecule has 0 radical (unpaired) electrons. The number of likely N-dealkylation sites (N-methyl/N-ethyl adjacent to an activating group) is 1. The SMILES string of the molecule is CCN(C(=O)NCC(F)(F)F)C1(CN)CCCC1. The van der Waals surface area contributed by atoms with Crippen LogP contribution in [0.3, 0.4) is 0 Å². The molecule has 0 atom stereocenters. The lowest BCUT2D eigenvalue weighted by atomic mass is 9.95. The smallest absolute Gasteiger partial charge is 0.329 e. The van der Waals surface area contributed by atoms with Gasteiger partial charge in [-0.25, -0.2) is 4.79 Å². The largest absolute Gasteiger partial charge is 0.405 e. The van der Waals surface area contributed by atoms with Crippen molar-refractivity contribution in [1.29, 1.82) is 0 Å². The molecule has 0 unspecified atom stereocenters. The lowest BCUT2D eigenvalue weighted by Gasteiger charge is -2.40. The molecule has 106 valence electrons. The van der Waals surface area contributed by atoms with E-state index in [0.29, 0.717) is 13.1 Å². The van der Waals surface area contributed by atoms with E-state index in [-0.39, 0.29) is 0 Å². The van der Waals surface area contributed by atoms with E-state index in [1.165, 1.54) is 4.90 Å². The maximum Gasteiger partial charge on any atom is 0.405 e. The molecule has 0 heterocycles. The summed E-state index contributed by atoms with van der Waals surface area (Å²) < 4.78 is 36.2. The maximum atomic E-state index is 12.1. The van der Waals surface area contributed by atoms with Crippen LogP contribution in [-0.2, 0) is 0 Å². The zero-order chi connectivity index (χ0) is 13.8. The highest BCUT2D eigenvalue weighted by atomic mass is 19.4. The van der Waals surface area contributed by atoms with Gasteiger partial charge in [0.15, 0.2) is 0 Å². The predicted octanol–water partition coefficient (Wildman–Crippen LogP) is 1.85. The Balaban J connectivity index is 2.67. The molecule has 4 nitrogen and oxygen atoms in total. The second-order valence-electron chi connectivity index (χ2n) is 4.65. The Morgan fingerprint density at radius 1 is 1.39 bits per heavy atom. The summed E-state index contributed by atoms with van der Waals surface area (Å²) in [5, 5.41) is 1.92. The molecule has 0 aliphatic heterocycles. The molecule has 2 amide bonds. The van der Waals surface area contributed by atoms with Gasteiger partial charge >= 0.3 is 12.2 Å². The minimum atomic E-state index is -4.39. The van der Waals surface area contributed by atoms with Gasteiger partial charge in [0, 0.05) is 13.1 Å². The van der Waals surface area contributed by atoms with E-state index in [9.17, 15) is 18.0 Å². The van der Waals surface area contributed by atoms with Crippen LogP contribution in [0.2, 0.25) is 0 Å².